The van der Waals surface area contributed by atoms with Crippen LogP contribution in [0.5, 0.6) is 0 Å². The topological polar surface area (TPSA) is 55.1 Å². The van der Waals surface area contributed by atoms with E-state index in [9.17, 15) is 4.79 Å². The molecule has 1 aromatic carbocycles. The summed E-state index contributed by atoms with van der Waals surface area (Å²) in [5, 5.41) is 2.89. The number of benzene rings is 1. The van der Waals surface area contributed by atoms with Gasteiger partial charge in [-0.25, -0.2) is 0 Å². The highest BCUT2D eigenvalue weighted by Crippen LogP contribution is 2.03. The summed E-state index contributed by atoms with van der Waals surface area (Å²) in [6.07, 6.45) is 2.78. The molecule has 0 unspecified atom stereocenters. The van der Waals surface area contributed by atoms with Gasteiger partial charge < -0.3 is 11.1 Å². The quantitative estimate of drug-likeness (QED) is 0.654. The van der Waals surface area contributed by atoms with Crippen molar-refractivity contribution < 1.29 is 4.79 Å². The molecule has 1 aromatic rings. The number of hydrogen-bond donors (Lipinski definition) is 2. The number of nitrogens with one attached hydrogen (secondary N) is 1. The van der Waals surface area contributed by atoms with Gasteiger partial charge in [0.15, 0.2) is 0 Å². The van der Waals surface area contributed by atoms with Crippen LogP contribution in [0.2, 0.25) is 0 Å². The van der Waals surface area contributed by atoms with Crippen LogP contribution in [-0.4, -0.2) is 5.91 Å². The van der Waals surface area contributed by atoms with Gasteiger partial charge in [0.2, 0.25) is 5.91 Å². The fourth-order valence-corrected chi connectivity index (χ4v) is 0.754. The third-order valence-corrected chi connectivity index (χ3v) is 1.27. The third kappa shape index (κ3) is 2.88. The summed E-state index contributed by atoms with van der Waals surface area (Å²) in [7, 11) is 0. The average Bonchev–Trinajstić information content (AvgIpc) is 2.05. The Morgan fingerprint density at radius 3 is 2.58 bits per heavy atom. The van der Waals surface area contributed by atoms with Gasteiger partial charge in [0.25, 0.3) is 0 Å². The first kappa shape index (κ1) is 8.33. The lowest BCUT2D eigenvalue weighted by molar-refractivity contribution is -0.113. The zero-order valence-corrected chi connectivity index (χ0v) is 6.53. The van der Waals surface area contributed by atoms with Crippen molar-refractivity contribution >= 4 is 11.6 Å². The maximum absolute atomic E-state index is 10.3. The molecular weight excluding hydrogens is 152 g/mol. The van der Waals surface area contributed by atoms with Crippen LogP contribution < -0.4 is 11.1 Å². The fraction of sp³-hybridized carbons (Fsp3) is 0. The van der Waals surface area contributed by atoms with Crippen LogP contribution in [0.15, 0.2) is 42.6 Å². The van der Waals surface area contributed by atoms with Crippen molar-refractivity contribution in [1.82, 2.24) is 0 Å². The van der Waals surface area contributed by atoms with Crippen LogP contribution in [0.25, 0.3) is 0 Å². The van der Waals surface area contributed by atoms with Gasteiger partial charge in [-0.15, -0.1) is 0 Å². The maximum Gasteiger partial charge on any atom is 0.242 e. The molecule has 0 heterocycles. The Balaban J connectivity index is 2.49. The lowest BCUT2D eigenvalue weighted by Gasteiger charge is -1.97. The highest BCUT2D eigenvalue weighted by Gasteiger charge is 1.84. The van der Waals surface area contributed by atoms with Gasteiger partial charge in [0, 0.05) is 18.0 Å². The Morgan fingerprint density at radius 1 is 1.33 bits per heavy atom. The van der Waals surface area contributed by atoms with Crippen molar-refractivity contribution in [2.75, 3.05) is 5.32 Å². The lowest BCUT2D eigenvalue weighted by atomic mass is 10.3. The molecule has 62 valence electrons. The molecule has 1 amide bonds. The molecule has 3 heteroatoms. The van der Waals surface area contributed by atoms with Crippen molar-refractivity contribution in [2.24, 2.45) is 5.73 Å². The van der Waals surface area contributed by atoms with Gasteiger partial charge in [-0.3, -0.25) is 4.79 Å². The summed E-state index contributed by atoms with van der Waals surface area (Å²) in [5.41, 5.74) is 5.82. The molecule has 1 rings (SSSR count). The minimum Gasteiger partial charge on any atom is -0.366 e. The molecule has 3 N–H and O–H groups in total. The molecule has 0 saturated carbocycles. The third-order valence-electron chi connectivity index (χ3n) is 1.27. The first-order valence-corrected chi connectivity index (χ1v) is 3.56. The Labute approximate surface area is 70.9 Å². The Kier molecular flexibility index (Phi) is 2.90. The van der Waals surface area contributed by atoms with Gasteiger partial charge in [0.1, 0.15) is 0 Å². The summed E-state index contributed by atoms with van der Waals surface area (Å²) in [5.74, 6) is -0.460. The van der Waals surface area contributed by atoms with Crippen LogP contribution in [-0.2, 0) is 4.79 Å². The molecule has 0 aromatic heterocycles. The van der Waals surface area contributed by atoms with Crippen molar-refractivity contribution in [3.8, 4) is 0 Å². The molecule has 0 spiro atoms. The first-order chi connectivity index (χ1) is 5.79. The molecule has 0 aliphatic rings. The highest BCUT2D eigenvalue weighted by molar-refractivity contribution is 5.86. The minimum atomic E-state index is -0.460. The number of carbonyl (C=O) groups is 1. The number of anilines is 1. The van der Waals surface area contributed by atoms with Crippen molar-refractivity contribution in [1.29, 1.82) is 0 Å². The molecule has 0 atom stereocenters. The second kappa shape index (κ2) is 4.18. The molecule has 0 fully saturated rings. The standard InChI is InChI=1S/C9H10N2O/c10-9(12)6-7-11-8-4-2-1-3-5-8/h1-7,11H,(H2,10,12). The number of primary amides is 1. The molecular formula is C9H10N2O. The van der Waals surface area contributed by atoms with Crippen LogP contribution in [0.4, 0.5) is 5.69 Å². The summed E-state index contributed by atoms with van der Waals surface area (Å²) in [6.45, 7) is 0. The number of amides is 1. The zero-order valence-electron chi connectivity index (χ0n) is 6.53. The summed E-state index contributed by atoms with van der Waals surface area (Å²) >= 11 is 0. The summed E-state index contributed by atoms with van der Waals surface area (Å²) in [6, 6.07) is 9.51. The monoisotopic (exact) mass is 162 g/mol. The van der Waals surface area contributed by atoms with Crippen LogP contribution in [0.1, 0.15) is 0 Å². The zero-order chi connectivity index (χ0) is 8.81. The molecule has 12 heavy (non-hydrogen) atoms. The largest absolute Gasteiger partial charge is 0.366 e. The van der Waals surface area contributed by atoms with E-state index in [0.29, 0.717) is 0 Å². The lowest BCUT2D eigenvalue weighted by Crippen LogP contribution is -2.06. The highest BCUT2D eigenvalue weighted by atomic mass is 16.1. The van der Waals surface area contributed by atoms with E-state index in [-0.39, 0.29) is 0 Å². The number of para-hydroxylation sites is 1. The van der Waals surface area contributed by atoms with E-state index in [4.69, 9.17) is 5.73 Å². The van der Waals surface area contributed by atoms with Gasteiger partial charge in [-0.1, -0.05) is 18.2 Å². The normalized spacial score (nSPS) is 10.0. The Morgan fingerprint density at radius 2 is 2.00 bits per heavy atom. The molecule has 0 saturated heterocycles. The number of hydrogen-bond acceptors (Lipinski definition) is 2. The predicted octanol–water partition coefficient (Wildman–Crippen LogP) is 1.10. The van der Waals surface area contributed by atoms with Gasteiger partial charge in [-0.05, 0) is 12.1 Å². The van der Waals surface area contributed by atoms with Gasteiger partial charge in [-0.2, -0.15) is 0 Å². The molecule has 0 radical (unpaired) electrons. The number of rotatable bonds is 3. The van der Waals surface area contributed by atoms with E-state index >= 15 is 0 Å². The van der Waals surface area contributed by atoms with Gasteiger partial charge in [0.05, 0.1) is 0 Å². The molecule has 0 aliphatic heterocycles. The van der Waals surface area contributed by atoms with E-state index in [0.717, 1.165) is 5.69 Å². The van der Waals surface area contributed by atoms with Crippen LogP contribution >= 0.6 is 0 Å². The number of nitrogens with two attached hydrogens (primary N) is 1. The second-order valence-corrected chi connectivity index (χ2v) is 2.25. The van der Waals surface area contributed by atoms with E-state index in [1.54, 1.807) is 0 Å². The SMILES string of the molecule is NC(=O)C=CNc1ccccc1. The molecule has 3 nitrogen and oxygen atoms in total. The summed E-state index contributed by atoms with van der Waals surface area (Å²) < 4.78 is 0. The smallest absolute Gasteiger partial charge is 0.242 e. The van der Waals surface area contributed by atoms with Gasteiger partial charge >= 0.3 is 0 Å². The Hall–Kier alpha value is -1.77. The molecule has 0 aliphatic carbocycles. The fourth-order valence-electron chi connectivity index (χ4n) is 0.754. The van der Waals surface area contributed by atoms with Crippen molar-refractivity contribution in [3.05, 3.63) is 42.6 Å². The predicted molar refractivity (Wildman–Crippen MR) is 48.4 cm³/mol. The van der Waals surface area contributed by atoms with Crippen molar-refractivity contribution in [2.45, 2.75) is 0 Å². The first-order valence-electron chi connectivity index (χ1n) is 3.56. The minimum absolute atomic E-state index is 0.460. The summed E-state index contributed by atoms with van der Waals surface area (Å²) in [4.78, 5) is 10.3. The van der Waals surface area contributed by atoms with E-state index in [2.05, 4.69) is 5.32 Å². The van der Waals surface area contributed by atoms with Crippen LogP contribution in [0, 0.1) is 0 Å². The van der Waals surface area contributed by atoms with Crippen molar-refractivity contribution in [3.63, 3.8) is 0 Å². The van der Waals surface area contributed by atoms with E-state index in [1.807, 2.05) is 30.3 Å². The second-order valence-electron chi connectivity index (χ2n) is 2.25. The average molecular weight is 162 g/mol. The Bertz CT molecular complexity index is 280. The number of carbonyl (C=O) groups excluding carboxylic acids is 1. The van der Waals surface area contributed by atoms with E-state index in [1.165, 1.54) is 12.3 Å². The van der Waals surface area contributed by atoms with Crippen LogP contribution in [0.3, 0.4) is 0 Å². The van der Waals surface area contributed by atoms with E-state index < -0.39 is 5.91 Å². The molecule has 0 bridgehead atoms. The maximum atomic E-state index is 10.3.